The van der Waals surface area contributed by atoms with Crippen molar-refractivity contribution in [3.05, 3.63) is 24.3 Å². The van der Waals surface area contributed by atoms with Crippen molar-refractivity contribution in [2.45, 2.75) is 18.7 Å². The van der Waals surface area contributed by atoms with E-state index in [0.29, 0.717) is 24.7 Å². The van der Waals surface area contributed by atoms with Crippen LogP contribution in [0.2, 0.25) is 0 Å². The van der Waals surface area contributed by atoms with Crippen molar-refractivity contribution in [3.63, 3.8) is 0 Å². The number of rotatable bonds is 5. The number of carbonyl (C=O) groups is 1. The Morgan fingerprint density at radius 2 is 1.95 bits per heavy atom. The molecule has 1 aromatic carbocycles. The molecule has 3 N–H and O–H groups in total. The molecule has 1 aliphatic rings. The summed E-state index contributed by atoms with van der Waals surface area (Å²) in [6.07, 6.45) is 0. The highest BCUT2D eigenvalue weighted by molar-refractivity contribution is 7.89. The maximum Gasteiger partial charge on any atom is 0.240 e. The summed E-state index contributed by atoms with van der Waals surface area (Å²) >= 11 is 0. The van der Waals surface area contributed by atoms with Crippen LogP contribution in [0, 0.1) is 11.8 Å². The first-order valence-electron chi connectivity index (χ1n) is 7.05. The second-order valence-corrected chi connectivity index (χ2v) is 7.02. The number of amides is 1. The van der Waals surface area contributed by atoms with Crippen LogP contribution in [0.4, 0.5) is 5.69 Å². The smallest absolute Gasteiger partial charge is 0.240 e. The number of hydrogen-bond acceptors (Lipinski definition) is 4. The van der Waals surface area contributed by atoms with E-state index < -0.39 is 10.0 Å². The van der Waals surface area contributed by atoms with E-state index >= 15 is 0 Å². The van der Waals surface area contributed by atoms with Gasteiger partial charge in [-0.25, -0.2) is 13.1 Å². The van der Waals surface area contributed by atoms with Gasteiger partial charge in [-0.1, -0.05) is 13.8 Å². The highest BCUT2D eigenvalue weighted by Gasteiger charge is 2.29. The number of hydrogen-bond donors (Lipinski definition) is 3. The fourth-order valence-corrected chi connectivity index (χ4v) is 3.43. The fraction of sp³-hybridized carbons (Fsp3) is 0.500. The number of benzene rings is 1. The average molecular weight is 311 g/mol. The largest absolute Gasteiger partial charge is 0.326 e. The second kappa shape index (κ2) is 6.55. The predicted octanol–water partition coefficient (Wildman–Crippen LogP) is 0.779. The lowest BCUT2D eigenvalue weighted by atomic mass is 9.97. The number of carbonyl (C=O) groups excluding carboxylic acids is 1. The molecular weight excluding hydrogens is 290 g/mol. The fourth-order valence-electron chi connectivity index (χ4n) is 2.39. The molecule has 7 heteroatoms. The molecule has 0 aliphatic carbocycles. The summed E-state index contributed by atoms with van der Waals surface area (Å²) in [6.45, 7) is 5.63. The molecule has 1 aliphatic heterocycles. The van der Waals surface area contributed by atoms with Gasteiger partial charge in [-0.15, -0.1) is 0 Å². The zero-order valence-electron chi connectivity index (χ0n) is 12.2. The Balaban J connectivity index is 2.04. The van der Waals surface area contributed by atoms with E-state index in [1.807, 2.05) is 6.92 Å². The summed E-state index contributed by atoms with van der Waals surface area (Å²) in [5.41, 5.74) is 0.606. The van der Waals surface area contributed by atoms with Crippen molar-refractivity contribution >= 4 is 21.6 Å². The molecule has 6 nitrogen and oxygen atoms in total. The van der Waals surface area contributed by atoms with Crippen LogP contribution in [0.25, 0.3) is 0 Å². The third kappa shape index (κ3) is 3.81. The van der Waals surface area contributed by atoms with Gasteiger partial charge in [0.25, 0.3) is 0 Å². The molecule has 116 valence electrons. The summed E-state index contributed by atoms with van der Waals surface area (Å²) in [5, 5.41) is 6.01. The minimum Gasteiger partial charge on any atom is -0.326 e. The van der Waals surface area contributed by atoms with Crippen LogP contribution in [0.3, 0.4) is 0 Å². The molecule has 2 rings (SSSR count). The molecule has 0 radical (unpaired) electrons. The van der Waals surface area contributed by atoms with Gasteiger partial charge in [0.2, 0.25) is 15.9 Å². The third-order valence-corrected chi connectivity index (χ3v) is 5.18. The van der Waals surface area contributed by atoms with Crippen molar-refractivity contribution in [2.24, 2.45) is 11.8 Å². The van der Waals surface area contributed by atoms with Gasteiger partial charge >= 0.3 is 0 Å². The molecule has 1 fully saturated rings. The summed E-state index contributed by atoms with van der Waals surface area (Å²) in [5.74, 6) is 0.225. The minimum absolute atomic E-state index is 0.0326. The predicted molar refractivity (Wildman–Crippen MR) is 81.5 cm³/mol. The summed E-state index contributed by atoms with van der Waals surface area (Å²) in [6, 6.07) is 6.19. The Hall–Kier alpha value is -1.44. The van der Waals surface area contributed by atoms with Crippen LogP contribution in [-0.4, -0.2) is 34.0 Å². The van der Waals surface area contributed by atoms with Gasteiger partial charge in [-0.3, -0.25) is 4.79 Å². The van der Waals surface area contributed by atoms with Gasteiger partial charge in [0.05, 0.1) is 10.8 Å². The van der Waals surface area contributed by atoms with Crippen LogP contribution in [-0.2, 0) is 14.8 Å². The monoisotopic (exact) mass is 311 g/mol. The van der Waals surface area contributed by atoms with Crippen molar-refractivity contribution < 1.29 is 13.2 Å². The molecule has 1 heterocycles. The van der Waals surface area contributed by atoms with Crippen molar-refractivity contribution in [1.29, 1.82) is 0 Å². The first kappa shape index (κ1) is 15.9. The highest BCUT2D eigenvalue weighted by Crippen LogP contribution is 2.19. The Morgan fingerprint density at radius 3 is 2.48 bits per heavy atom. The standard InChI is InChI=1S/C14H21N3O3S/c1-3-16-21(19,20)12-6-4-11(5-7-12)17-14(18)13-9-15-8-10(13)2/h4-7,10,13,15-16H,3,8-9H2,1-2H3,(H,17,18). The van der Waals surface area contributed by atoms with Crippen LogP contribution in [0.1, 0.15) is 13.8 Å². The molecule has 2 atom stereocenters. The molecular formula is C14H21N3O3S. The van der Waals surface area contributed by atoms with E-state index in [1.54, 1.807) is 19.1 Å². The average Bonchev–Trinajstić information content (AvgIpc) is 2.85. The van der Waals surface area contributed by atoms with Crippen LogP contribution in [0.5, 0.6) is 0 Å². The van der Waals surface area contributed by atoms with Gasteiger partial charge in [0.1, 0.15) is 0 Å². The SMILES string of the molecule is CCNS(=O)(=O)c1ccc(NC(=O)C2CNCC2C)cc1. The topological polar surface area (TPSA) is 87.3 Å². The number of anilines is 1. The summed E-state index contributed by atoms with van der Waals surface area (Å²) in [7, 11) is -3.45. The zero-order valence-corrected chi connectivity index (χ0v) is 13.0. The zero-order chi connectivity index (χ0) is 15.5. The molecule has 0 spiro atoms. The maximum absolute atomic E-state index is 12.1. The van der Waals surface area contributed by atoms with E-state index in [0.717, 1.165) is 6.54 Å². The number of nitrogens with one attached hydrogen (secondary N) is 3. The molecule has 2 unspecified atom stereocenters. The first-order valence-corrected chi connectivity index (χ1v) is 8.53. The van der Waals surface area contributed by atoms with E-state index in [9.17, 15) is 13.2 Å². The van der Waals surface area contributed by atoms with Crippen LogP contribution >= 0.6 is 0 Å². The first-order chi connectivity index (χ1) is 9.94. The highest BCUT2D eigenvalue weighted by atomic mass is 32.2. The quantitative estimate of drug-likeness (QED) is 0.750. The van der Waals surface area contributed by atoms with Crippen molar-refractivity contribution in [3.8, 4) is 0 Å². The molecule has 1 aromatic rings. The van der Waals surface area contributed by atoms with Crippen molar-refractivity contribution in [2.75, 3.05) is 25.0 Å². The lowest BCUT2D eigenvalue weighted by molar-refractivity contribution is -0.120. The van der Waals surface area contributed by atoms with E-state index in [1.165, 1.54) is 12.1 Å². The van der Waals surface area contributed by atoms with Gasteiger partial charge in [-0.2, -0.15) is 0 Å². The molecule has 1 amide bonds. The normalized spacial score (nSPS) is 22.2. The van der Waals surface area contributed by atoms with E-state index in [2.05, 4.69) is 15.4 Å². The lowest BCUT2D eigenvalue weighted by Crippen LogP contribution is -2.28. The minimum atomic E-state index is -3.45. The van der Waals surface area contributed by atoms with Crippen LogP contribution in [0.15, 0.2) is 29.2 Å². The Morgan fingerprint density at radius 1 is 1.29 bits per heavy atom. The van der Waals surface area contributed by atoms with E-state index in [4.69, 9.17) is 0 Å². The second-order valence-electron chi connectivity index (χ2n) is 5.26. The Kier molecular flexibility index (Phi) is 4.97. The number of sulfonamides is 1. The molecule has 21 heavy (non-hydrogen) atoms. The van der Waals surface area contributed by atoms with Gasteiger partial charge in [0.15, 0.2) is 0 Å². The molecule has 0 bridgehead atoms. The lowest BCUT2D eigenvalue weighted by Gasteiger charge is -2.14. The maximum atomic E-state index is 12.1. The Labute approximate surface area is 125 Å². The van der Waals surface area contributed by atoms with Gasteiger partial charge < -0.3 is 10.6 Å². The van der Waals surface area contributed by atoms with Crippen LogP contribution < -0.4 is 15.4 Å². The Bertz CT molecular complexity index is 598. The van der Waals surface area contributed by atoms with Crippen molar-refractivity contribution in [1.82, 2.24) is 10.0 Å². The molecule has 1 saturated heterocycles. The van der Waals surface area contributed by atoms with Gasteiger partial charge in [0, 0.05) is 18.8 Å². The summed E-state index contributed by atoms with van der Waals surface area (Å²) < 4.78 is 26.0. The van der Waals surface area contributed by atoms with E-state index in [-0.39, 0.29) is 16.7 Å². The summed E-state index contributed by atoms with van der Waals surface area (Å²) in [4.78, 5) is 12.3. The molecule has 0 saturated carbocycles. The van der Waals surface area contributed by atoms with Gasteiger partial charge in [-0.05, 0) is 36.7 Å². The molecule has 0 aromatic heterocycles. The third-order valence-electron chi connectivity index (χ3n) is 3.62.